The topological polar surface area (TPSA) is 40.5 Å². The van der Waals surface area contributed by atoms with Gasteiger partial charge >= 0.3 is 0 Å². The summed E-state index contributed by atoms with van der Waals surface area (Å²) < 4.78 is 0. The summed E-state index contributed by atoms with van der Waals surface area (Å²) >= 11 is 0. The van der Waals surface area contributed by atoms with E-state index in [1.807, 2.05) is 27.7 Å². The van der Waals surface area contributed by atoms with Crippen LogP contribution in [-0.4, -0.2) is 22.4 Å². The van der Waals surface area contributed by atoms with Crippen LogP contribution in [0.15, 0.2) is 0 Å². The Morgan fingerprint density at radius 1 is 0.619 bits per heavy atom. The molecule has 2 saturated carbocycles. The molecule has 0 aromatic rings. The summed E-state index contributed by atoms with van der Waals surface area (Å²) in [5.74, 6) is 3.10. The van der Waals surface area contributed by atoms with Gasteiger partial charge in [-0.1, -0.05) is 53.4 Å². The first kappa shape index (κ1) is 26.9. The van der Waals surface area contributed by atoms with Crippen LogP contribution in [0.25, 0.3) is 0 Å². The fourth-order valence-electron chi connectivity index (χ4n) is 2.19. The van der Waals surface area contributed by atoms with E-state index in [-0.39, 0.29) is 44.9 Å². The van der Waals surface area contributed by atoms with Crippen molar-refractivity contribution < 1.29 is 42.9 Å². The normalized spacial score (nSPS) is 20.6. The maximum Gasteiger partial charge on any atom is 0.0491 e. The van der Waals surface area contributed by atoms with Gasteiger partial charge in [0.2, 0.25) is 0 Å². The van der Waals surface area contributed by atoms with Gasteiger partial charge in [0, 0.05) is 44.9 Å². The number of aliphatic hydroxyl groups excluding tert-OH is 2. The third-order valence-electron chi connectivity index (χ3n) is 3.62. The van der Waals surface area contributed by atoms with Gasteiger partial charge < -0.3 is 22.0 Å². The summed E-state index contributed by atoms with van der Waals surface area (Å²) in [5, 5.41) is 18.0. The van der Waals surface area contributed by atoms with E-state index < -0.39 is 0 Å². The Labute approximate surface area is 159 Å². The minimum Gasteiger partial charge on any atom is -0.393 e. The van der Waals surface area contributed by atoms with Gasteiger partial charge in [-0.2, -0.15) is 39.5 Å². The summed E-state index contributed by atoms with van der Waals surface area (Å²) in [7, 11) is 0. The smallest absolute Gasteiger partial charge is 0.0491 e. The second-order valence-corrected chi connectivity index (χ2v) is 5.38. The zero-order valence-electron chi connectivity index (χ0n) is 15.3. The van der Waals surface area contributed by atoms with Crippen LogP contribution in [0.3, 0.4) is 0 Å². The summed E-state index contributed by atoms with van der Waals surface area (Å²) in [6.07, 6.45) is 8.53. The average Bonchev–Trinajstić information content (AvgIpc) is 2.50. The van der Waals surface area contributed by atoms with Crippen molar-refractivity contribution in [3.8, 4) is 0 Å². The van der Waals surface area contributed by atoms with Crippen LogP contribution in [0.4, 0.5) is 0 Å². The Morgan fingerprint density at radius 3 is 0.952 bits per heavy atom. The predicted molar refractivity (Wildman–Crippen MR) is 89.5 cm³/mol. The third-order valence-corrected chi connectivity index (χ3v) is 3.62. The molecule has 2 fully saturated rings. The van der Waals surface area contributed by atoms with Crippen LogP contribution in [0.5, 0.6) is 0 Å². The maximum absolute atomic E-state index is 9.01. The molecule has 0 atom stereocenters. The Balaban J connectivity index is -0.000000240. The first-order valence-electron chi connectivity index (χ1n) is 8.56. The molecular formula is C18H38O2Y-2. The molecule has 3 heteroatoms. The molecule has 2 N–H and O–H groups in total. The largest absolute Gasteiger partial charge is 0.393 e. The molecule has 0 heterocycles. The summed E-state index contributed by atoms with van der Waals surface area (Å²) in [6.45, 7) is 12.3. The van der Waals surface area contributed by atoms with E-state index in [1.165, 1.54) is 0 Å². The third kappa shape index (κ3) is 17.2. The van der Waals surface area contributed by atoms with Crippen molar-refractivity contribution in [2.75, 3.05) is 0 Å². The molecule has 0 unspecified atom stereocenters. The molecule has 0 saturated heterocycles. The zero-order valence-corrected chi connectivity index (χ0v) is 18.1. The zero-order chi connectivity index (χ0) is 16.0. The molecular weight excluding hydrogens is 337 g/mol. The molecule has 0 bridgehead atoms. The first-order chi connectivity index (χ1) is 9.58. The van der Waals surface area contributed by atoms with Crippen LogP contribution in [-0.2, 0) is 32.7 Å². The Kier molecular flexibility index (Phi) is 24.4. The van der Waals surface area contributed by atoms with Gasteiger partial charge in [-0.05, 0) is 0 Å². The molecule has 0 aliphatic heterocycles. The van der Waals surface area contributed by atoms with E-state index in [9.17, 15) is 0 Å². The molecule has 0 amide bonds. The van der Waals surface area contributed by atoms with Gasteiger partial charge in [0.1, 0.15) is 0 Å². The van der Waals surface area contributed by atoms with Gasteiger partial charge in [0.05, 0.1) is 0 Å². The molecule has 2 aliphatic carbocycles. The second-order valence-electron chi connectivity index (χ2n) is 5.38. The Hall–Kier alpha value is 1.02. The number of aliphatic hydroxyl groups is 2. The molecule has 0 spiro atoms. The van der Waals surface area contributed by atoms with Gasteiger partial charge in [-0.25, -0.2) is 0 Å². The molecule has 2 nitrogen and oxygen atoms in total. The van der Waals surface area contributed by atoms with E-state index in [0.29, 0.717) is 0 Å². The number of rotatable bonds is 0. The predicted octanol–water partition coefficient (Wildman–Crippen LogP) is 5.08. The molecule has 0 aromatic heterocycles. The fourth-order valence-corrected chi connectivity index (χ4v) is 2.19. The summed E-state index contributed by atoms with van der Waals surface area (Å²) in [4.78, 5) is 0. The van der Waals surface area contributed by atoms with Crippen LogP contribution >= 0.6 is 0 Å². The van der Waals surface area contributed by atoms with E-state index in [1.54, 1.807) is 11.8 Å². The van der Waals surface area contributed by atoms with Crippen molar-refractivity contribution in [1.82, 2.24) is 0 Å². The minimum atomic E-state index is -0.00120. The summed E-state index contributed by atoms with van der Waals surface area (Å²) in [5.41, 5.74) is 0. The molecule has 21 heavy (non-hydrogen) atoms. The average molecular weight is 375 g/mol. The van der Waals surface area contributed by atoms with Gasteiger partial charge in [0.25, 0.3) is 0 Å². The SMILES string of the molecule is CC.CC.C[C-]1CCC(O)CC1.C[C-]1CCC(O)CC1.[Y]. The van der Waals surface area contributed by atoms with Crippen LogP contribution in [0.1, 0.15) is 92.9 Å². The monoisotopic (exact) mass is 375 g/mol. The van der Waals surface area contributed by atoms with Crippen molar-refractivity contribution >= 4 is 0 Å². The van der Waals surface area contributed by atoms with Crippen LogP contribution < -0.4 is 0 Å². The molecule has 127 valence electrons. The van der Waals surface area contributed by atoms with Crippen molar-refractivity contribution in [1.29, 1.82) is 0 Å². The number of hydrogen-bond acceptors (Lipinski definition) is 2. The maximum atomic E-state index is 9.01. The number of hydrogen-bond donors (Lipinski definition) is 2. The van der Waals surface area contributed by atoms with Gasteiger partial charge in [-0.15, -0.1) is 0 Å². The van der Waals surface area contributed by atoms with Gasteiger partial charge in [-0.3, -0.25) is 0 Å². The second kappa shape index (κ2) is 19.1. The Bertz CT molecular complexity index is 132. The molecule has 0 aromatic carbocycles. The van der Waals surface area contributed by atoms with E-state index in [2.05, 4.69) is 13.8 Å². The Morgan fingerprint density at radius 2 is 0.810 bits per heavy atom. The minimum absolute atomic E-state index is 0. The standard InChI is InChI=1S/2C7H13O.2C2H6.Y/c2*1-6-2-4-7(8)5-3-6;2*1-2;/h2*7-8H,2-5H2,1H3;2*1-2H3;/q2*-1;;;. The van der Waals surface area contributed by atoms with Crippen molar-refractivity contribution in [2.24, 2.45) is 0 Å². The van der Waals surface area contributed by atoms with E-state index in [4.69, 9.17) is 10.2 Å². The molecule has 1 radical (unpaired) electrons. The van der Waals surface area contributed by atoms with Crippen molar-refractivity contribution in [3.05, 3.63) is 11.8 Å². The van der Waals surface area contributed by atoms with E-state index >= 15 is 0 Å². The molecule has 2 rings (SSSR count). The quantitative estimate of drug-likeness (QED) is 0.580. The first-order valence-corrected chi connectivity index (χ1v) is 8.56. The molecule has 2 aliphatic rings. The fraction of sp³-hybridized carbons (Fsp3) is 0.889. The van der Waals surface area contributed by atoms with Crippen LogP contribution in [0.2, 0.25) is 0 Å². The van der Waals surface area contributed by atoms with Gasteiger partial charge in [0.15, 0.2) is 0 Å². The van der Waals surface area contributed by atoms with E-state index in [0.717, 1.165) is 51.4 Å². The van der Waals surface area contributed by atoms with Crippen molar-refractivity contribution in [2.45, 2.75) is 105 Å². The van der Waals surface area contributed by atoms with Crippen molar-refractivity contribution in [3.63, 3.8) is 0 Å². The van der Waals surface area contributed by atoms with Crippen LogP contribution in [0, 0.1) is 11.8 Å². The summed E-state index contributed by atoms with van der Waals surface area (Å²) in [6, 6.07) is 0.